The molecule has 0 radical (unpaired) electrons. The van der Waals surface area contributed by atoms with Crippen molar-refractivity contribution in [3.63, 3.8) is 0 Å². The summed E-state index contributed by atoms with van der Waals surface area (Å²) in [6.45, 7) is 10.6. The van der Waals surface area contributed by atoms with E-state index in [-0.39, 0.29) is 6.10 Å². The minimum absolute atomic E-state index is 0.0688. The van der Waals surface area contributed by atoms with Crippen molar-refractivity contribution < 1.29 is 13.2 Å². The van der Waals surface area contributed by atoms with E-state index in [1.165, 1.54) is 0 Å². The van der Waals surface area contributed by atoms with Crippen LogP contribution in [0.3, 0.4) is 0 Å². The molecule has 1 aromatic carbocycles. The molecule has 0 bridgehead atoms. The number of rotatable bonds is 5. The van der Waals surface area contributed by atoms with E-state index in [9.17, 15) is 8.42 Å². The molecule has 0 aliphatic carbocycles. The number of nitrogens with zero attached hydrogens (tertiary/aromatic N) is 2. The van der Waals surface area contributed by atoms with Crippen LogP contribution < -0.4 is 10.1 Å². The molecule has 1 N–H and O–H groups in total. The fourth-order valence-electron chi connectivity index (χ4n) is 3.58. The summed E-state index contributed by atoms with van der Waals surface area (Å²) >= 11 is 0. The summed E-state index contributed by atoms with van der Waals surface area (Å²) in [5, 5.41) is 3.38. The van der Waals surface area contributed by atoms with Gasteiger partial charge in [-0.15, -0.1) is 0 Å². The lowest BCUT2D eigenvalue weighted by molar-refractivity contribution is 0.145. The Balaban J connectivity index is 1.68. The minimum atomic E-state index is -3.44. The van der Waals surface area contributed by atoms with Gasteiger partial charge in [0, 0.05) is 38.8 Å². The van der Waals surface area contributed by atoms with E-state index in [2.05, 4.69) is 10.2 Å². The lowest BCUT2D eigenvalue weighted by Crippen LogP contribution is -2.52. The Morgan fingerprint density at radius 1 is 1.20 bits per heavy atom. The number of benzene rings is 1. The number of ether oxygens (including phenoxy) is 1. The number of sulfonamides is 1. The minimum Gasteiger partial charge on any atom is -0.491 e. The summed E-state index contributed by atoms with van der Waals surface area (Å²) in [6.07, 6.45) is 1.22. The van der Waals surface area contributed by atoms with Gasteiger partial charge in [-0.05, 0) is 57.5 Å². The SMILES string of the molecule is Cc1cc(S(=O)(=O)N2CCN(C3CCNC3)CC2)ccc1OC(C)C. The average Bonchev–Trinajstić information content (AvgIpc) is 3.11. The van der Waals surface area contributed by atoms with Crippen LogP contribution in [-0.4, -0.2) is 69.0 Å². The highest BCUT2D eigenvalue weighted by atomic mass is 32.2. The summed E-state index contributed by atoms with van der Waals surface area (Å²) < 4.78 is 33.2. The third-order valence-electron chi connectivity index (χ3n) is 4.97. The second kappa shape index (κ2) is 7.61. The molecule has 2 fully saturated rings. The normalized spacial score (nSPS) is 23.3. The number of nitrogens with one attached hydrogen (secondary N) is 1. The van der Waals surface area contributed by atoms with E-state index in [0.717, 1.165) is 43.9 Å². The molecule has 0 saturated carbocycles. The Morgan fingerprint density at radius 2 is 1.92 bits per heavy atom. The molecule has 2 heterocycles. The fourth-order valence-corrected chi connectivity index (χ4v) is 5.09. The molecule has 140 valence electrons. The number of hydrogen-bond acceptors (Lipinski definition) is 5. The molecule has 25 heavy (non-hydrogen) atoms. The second-order valence-electron chi connectivity index (χ2n) is 7.18. The molecule has 3 rings (SSSR count). The van der Waals surface area contributed by atoms with E-state index in [1.54, 1.807) is 22.5 Å². The van der Waals surface area contributed by atoms with Crippen LogP contribution >= 0.6 is 0 Å². The highest BCUT2D eigenvalue weighted by Gasteiger charge is 2.32. The van der Waals surface area contributed by atoms with E-state index in [0.29, 0.717) is 24.0 Å². The van der Waals surface area contributed by atoms with Crippen molar-refractivity contribution in [1.29, 1.82) is 0 Å². The van der Waals surface area contributed by atoms with E-state index >= 15 is 0 Å². The van der Waals surface area contributed by atoms with Gasteiger partial charge in [-0.3, -0.25) is 4.90 Å². The Kier molecular flexibility index (Phi) is 5.68. The van der Waals surface area contributed by atoms with Gasteiger partial charge >= 0.3 is 0 Å². The number of hydrogen-bond donors (Lipinski definition) is 1. The first-order valence-corrected chi connectivity index (χ1v) is 10.5. The highest BCUT2D eigenvalue weighted by Crippen LogP contribution is 2.26. The molecular weight excluding hydrogens is 338 g/mol. The third kappa shape index (κ3) is 4.16. The van der Waals surface area contributed by atoms with Crippen molar-refractivity contribution >= 4 is 10.0 Å². The summed E-state index contributed by atoms with van der Waals surface area (Å²) in [7, 11) is -3.44. The molecule has 2 aliphatic rings. The Bertz CT molecular complexity index is 692. The van der Waals surface area contributed by atoms with E-state index in [4.69, 9.17) is 4.74 Å². The lowest BCUT2D eigenvalue weighted by Gasteiger charge is -2.37. The molecular formula is C18H29N3O3S. The van der Waals surface area contributed by atoms with Crippen molar-refractivity contribution in [2.45, 2.75) is 44.2 Å². The van der Waals surface area contributed by atoms with Crippen LogP contribution in [0.4, 0.5) is 0 Å². The van der Waals surface area contributed by atoms with Gasteiger partial charge < -0.3 is 10.1 Å². The zero-order chi connectivity index (χ0) is 18.0. The smallest absolute Gasteiger partial charge is 0.243 e. The van der Waals surface area contributed by atoms with Crippen molar-refractivity contribution in [3.8, 4) is 5.75 Å². The van der Waals surface area contributed by atoms with Gasteiger partial charge in [0.15, 0.2) is 0 Å². The predicted octanol–water partition coefficient (Wildman–Crippen LogP) is 1.45. The Hall–Kier alpha value is -1.15. The number of aryl methyl sites for hydroxylation is 1. The molecule has 2 aliphatic heterocycles. The predicted molar refractivity (Wildman–Crippen MR) is 98.5 cm³/mol. The van der Waals surface area contributed by atoms with E-state index in [1.807, 2.05) is 20.8 Å². The topological polar surface area (TPSA) is 61.9 Å². The summed E-state index contributed by atoms with van der Waals surface area (Å²) in [6, 6.07) is 5.70. The van der Waals surface area contributed by atoms with Crippen molar-refractivity contribution in [3.05, 3.63) is 23.8 Å². The van der Waals surface area contributed by atoms with Crippen molar-refractivity contribution in [2.24, 2.45) is 0 Å². The van der Waals surface area contributed by atoms with Gasteiger partial charge in [-0.25, -0.2) is 8.42 Å². The standard InChI is InChI=1S/C18H29N3O3S/c1-14(2)24-18-5-4-17(12-15(18)3)25(22,23)21-10-8-20(9-11-21)16-6-7-19-13-16/h4-5,12,14,16,19H,6-11,13H2,1-3H3. The maximum atomic E-state index is 13.0. The van der Waals surface area contributed by atoms with Crippen LogP contribution in [-0.2, 0) is 10.0 Å². The van der Waals surface area contributed by atoms with Gasteiger partial charge in [0.2, 0.25) is 10.0 Å². The third-order valence-corrected chi connectivity index (χ3v) is 6.87. The number of piperazine rings is 1. The van der Waals surface area contributed by atoms with Gasteiger partial charge in [-0.2, -0.15) is 4.31 Å². The van der Waals surface area contributed by atoms with Crippen molar-refractivity contribution in [2.75, 3.05) is 39.3 Å². The first kappa shape index (κ1) is 18.6. The quantitative estimate of drug-likeness (QED) is 0.854. The van der Waals surface area contributed by atoms with Gasteiger partial charge in [-0.1, -0.05) is 0 Å². The van der Waals surface area contributed by atoms with E-state index < -0.39 is 10.0 Å². The zero-order valence-electron chi connectivity index (χ0n) is 15.4. The molecule has 1 unspecified atom stereocenters. The molecule has 7 heteroatoms. The van der Waals surface area contributed by atoms with Gasteiger partial charge in [0.05, 0.1) is 11.0 Å². The molecule has 6 nitrogen and oxygen atoms in total. The first-order chi connectivity index (χ1) is 11.9. The molecule has 1 aromatic rings. The summed E-state index contributed by atoms with van der Waals surface area (Å²) in [5.74, 6) is 0.743. The fraction of sp³-hybridized carbons (Fsp3) is 0.667. The van der Waals surface area contributed by atoms with Gasteiger partial charge in [0.1, 0.15) is 5.75 Å². The Labute approximate surface area is 151 Å². The van der Waals surface area contributed by atoms with Crippen LogP contribution in [0.1, 0.15) is 25.8 Å². The monoisotopic (exact) mass is 367 g/mol. The highest BCUT2D eigenvalue weighted by molar-refractivity contribution is 7.89. The maximum absolute atomic E-state index is 13.0. The molecule has 0 amide bonds. The zero-order valence-corrected chi connectivity index (χ0v) is 16.2. The largest absolute Gasteiger partial charge is 0.491 e. The van der Waals surface area contributed by atoms with Crippen LogP contribution in [0, 0.1) is 6.92 Å². The van der Waals surface area contributed by atoms with Crippen LogP contribution in [0.2, 0.25) is 0 Å². The first-order valence-electron chi connectivity index (χ1n) is 9.10. The van der Waals surface area contributed by atoms with Crippen LogP contribution in [0.15, 0.2) is 23.1 Å². The lowest BCUT2D eigenvalue weighted by atomic mass is 10.2. The maximum Gasteiger partial charge on any atom is 0.243 e. The van der Waals surface area contributed by atoms with Crippen molar-refractivity contribution in [1.82, 2.24) is 14.5 Å². The second-order valence-corrected chi connectivity index (χ2v) is 9.12. The van der Waals surface area contributed by atoms with Gasteiger partial charge in [0.25, 0.3) is 0 Å². The summed E-state index contributed by atoms with van der Waals surface area (Å²) in [4.78, 5) is 2.77. The molecule has 0 aromatic heterocycles. The van der Waals surface area contributed by atoms with Crippen LogP contribution in [0.5, 0.6) is 5.75 Å². The van der Waals surface area contributed by atoms with Crippen LogP contribution in [0.25, 0.3) is 0 Å². The molecule has 0 spiro atoms. The Morgan fingerprint density at radius 3 is 2.48 bits per heavy atom. The summed E-state index contributed by atoms with van der Waals surface area (Å²) in [5.41, 5.74) is 0.852. The average molecular weight is 368 g/mol. The molecule has 1 atom stereocenters. The molecule has 2 saturated heterocycles.